The number of benzene rings is 1. The molecule has 2 rings (SSSR count). The van der Waals surface area contributed by atoms with E-state index >= 15 is 0 Å². The van der Waals surface area contributed by atoms with Gasteiger partial charge in [0, 0.05) is 16.2 Å². The molecule has 0 saturated carbocycles. The van der Waals surface area contributed by atoms with E-state index in [9.17, 15) is 4.79 Å². The standard InChI is InChI=1S/C22H24Cl5NO2Si/c1-22(2,3)31(4,5)30-12-13(9-14-15(23)7-6-8-16(14)24)10-18(29)19-20(26)17(25)11-28-21(19)27/h6-8,10-11H,9,12H2,1-5H3/b13-10-. The average molecular weight is 540 g/mol. The maximum Gasteiger partial charge on any atom is 0.192 e. The molecule has 0 bridgehead atoms. The minimum absolute atomic E-state index is 0.00759. The van der Waals surface area contributed by atoms with Crippen molar-refractivity contribution in [3.8, 4) is 0 Å². The van der Waals surface area contributed by atoms with Crippen LogP contribution in [0, 0.1) is 0 Å². The van der Waals surface area contributed by atoms with Gasteiger partial charge in [-0.05, 0) is 53.9 Å². The van der Waals surface area contributed by atoms with E-state index in [1.54, 1.807) is 18.2 Å². The Morgan fingerprint density at radius 3 is 2.19 bits per heavy atom. The normalized spacial score (nSPS) is 12.9. The van der Waals surface area contributed by atoms with Crippen LogP contribution in [-0.2, 0) is 10.8 Å². The van der Waals surface area contributed by atoms with Gasteiger partial charge >= 0.3 is 0 Å². The summed E-state index contributed by atoms with van der Waals surface area (Å²) >= 11 is 31.1. The van der Waals surface area contributed by atoms with Gasteiger partial charge in [0.25, 0.3) is 0 Å². The SMILES string of the molecule is CC(C)(C)[Si](C)(C)OC/C(=C\C(=O)c1c(Cl)ncc(Cl)c1Cl)Cc1c(Cl)cccc1Cl. The van der Waals surface area contributed by atoms with Gasteiger partial charge < -0.3 is 4.43 Å². The number of carbonyl (C=O) groups is 1. The number of nitrogens with zero attached hydrogens (tertiary/aromatic N) is 1. The van der Waals surface area contributed by atoms with Crippen molar-refractivity contribution in [2.75, 3.05) is 6.61 Å². The molecule has 0 fully saturated rings. The third-order valence-electron chi connectivity index (χ3n) is 5.40. The minimum atomic E-state index is -2.08. The fraction of sp³-hybridized carbons (Fsp3) is 0.364. The molecule has 0 saturated heterocycles. The fourth-order valence-electron chi connectivity index (χ4n) is 2.47. The zero-order valence-electron chi connectivity index (χ0n) is 18.0. The topological polar surface area (TPSA) is 39.2 Å². The highest BCUT2D eigenvalue weighted by Gasteiger charge is 2.37. The average Bonchev–Trinajstić information content (AvgIpc) is 2.65. The molecule has 0 aliphatic rings. The largest absolute Gasteiger partial charge is 0.413 e. The maximum atomic E-state index is 13.1. The molecule has 168 valence electrons. The van der Waals surface area contributed by atoms with Gasteiger partial charge in [0.1, 0.15) is 5.15 Å². The Hall–Kier alpha value is -0.593. The zero-order valence-corrected chi connectivity index (χ0v) is 22.7. The first kappa shape index (κ1) is 26.7. The number of allylic oxidation sites excluding steroid dienone is 1. The number of aromatic nitrogens is 1. The predicted molar refractivity (Wildman–Crippen MR) is 135 cm³/mol. The number of halogens is 5. The lowest BCUT2D eigenvalue weighted by Gasteiger charge is -2.36. The lowest BCUT2D eigenvalue weighted by molar-refractivity contribution is 0.104. The molecule has 0 unspecified atom stereocenters. The van der Waals surface area contributed by atoms with E-state index in [1.165, 1.54) is 12.3 Å². The van der Waals surface area contributed by atoms with E-state index in [1.807, 2.05) is 0 Å². The van der Waals surface area contributed by atoms with Crippen molar-refractivity contribution < 1.29 is 9.22 Å². The summed E-state index contributed by atoms with van der Waals surface area (Å²) in [5.74, 6) is -0.415. The number of hydrogen-bond acceptors (Lipinski definition) is 3. The second-order valence-corrected chi connectivity index (χ2v) is 15.4. The van der Waals surface area contributed by atoms with Gasteiger partial charge in [0.15, 0.2) is 14.1 Å². The van der Waals surface area contributed by atoms with Crippen LogP contribution >= 0.6 is 58.0 Å². The molecular weight excluding hydrogens is 516 g/mol. The molecule has 1 aromatic carbocycles. The summed E-state index contributed by atoms with van der Waals surface area (Å²) in [4.78, 5) is 17.0. The zero-order chi connectivity index (χ0) is 23.6. The Labute approximate surface area is 209 Å². The van der Waals surface area contributed by atoms with Gasteiger partial charge in [-0.2, -0.15) is 0 Å². The first-order chi connectivity index (χ1) is 14.2. The molecule has 3 nitrogen and oxygen atoms in total. The smallest absolute Gasteiger partial charge is 0.192 e. The van der Waals surface area contributed by atoms with Gasteiger partial charge in [0.2, 0.25) is 0 Å². The summed E-state index contributed by atoms with van der Waals surface area (Å²) in [5, 5.41) is 1.22. The Bertz CT molecular complexity index is 995. The van der Waals surface area contributed by atoms with Crippen molar-refractivity contribution in [1.29, 1.82) is 0 Å². The maximum absolute atomic E-state index is 13.1. The number of ketones is 1. The number of carbonyl (C=O) groups excluding carboxylic acids is 1. The van der Waals surface area contributed by atoms with Gasteiger partial charge in [-0.3, -0.25) is 4.79 Å². The quantitative estimate of drug-likeness (QED) is 0.153. The van der Waals surface area contributed by atoms with Gasteiger partial charge in [-0.25, -0.2) is 4.98 Å². The Balaban J connectivity index is 2.46. The highest BCUT2D eigenvalue weighted by atomic mass is 35.5. The molecule has 1 heterocycles. The van der Waals surface area contributed by atoms with Gasteiger partial charge in [0.05, 0.1) is 22.2 Å². The molecule has 0 N–H and O–H groups in total. The summed E-state index contributed by atoms with van der Waals surface area (Å²) in [6.45, 7) is 11.0. The minimum Gasteiger partial charge on any atom is -0.413 e. The lowest BCUT2D eigenvalue weighted by atomic mass is 10.0. The number of pyridine rings is 1. The summed E-state index contributed by atoms with van der Waals surface area (Å²) in [6, 6.07) is 5.28. The van der Waals surface area contributed by atoms with Crippen LogP contribution in [0.5, 0.6) is 0 Å². The van der Waals surface area contributed by atoms with Gasteiger partial charge in [-0.15, -0.1) is 0 Å². The monoisotopic (exact) mass is 537 g/mol. The molecule has 0 aliphatic heterocycles. The van der Waals surface area contributed by atoms with Crippen molar-refractivity contribution in [3.05, 3.63) is 72.4 Å². The molecule has 9 heteroatoms. The first-order valence-corrected chi connectivity index (χ1v) is 14.3. The van der Waals surface area contributed by atoms with Crippen molar-refractivity contribution in [2.45, 2.75) is 45.3 Å². The fourth-order valence-corrected chi connectivity index (χ4v) is 4.64. The van der Waals surface area contributed by atoms with E-state index in [-0.39, 0.29) is 32.4 Å². The Morgan fingerprint density at radius 2 is 1.65 bits per heavy atom. The molecule has 0 amide bonds. The number of rotatable bonds is 7. The van der Waals surface area contributed by atoms with E-state index < -0.39 is 14.1 Å². The summed E-state index contributed by atoms with van der Waals surface area (Å²) in [7, 11) is -2.08. The van der Waals surface area contributed by atoms with Crippen molar-refractivity contribution in [3.63, 3.8) is 0 Å². The summed E-state index contributed by atoms with van der Waals surface area (Å²) in [6.07, 6.45) is 3.09. The lowest BCUT2D eigenvalue weighted by Crippen LogP contribution is -2.41. The summed E-state index contributed by atoms with van der Waals surface area (Å²) in [5.41, 5.74) is 1.45. The van der Waals surface area contributed by atoms with Crippen molar-refractivity contribution >= 4 is 72.1 Å². The Kier molecular flexibility index (Phi) is 9.08. The highest BCUT2D eigenvalue weighted by Crippen LogP contribution is 2.37. The Morgan fingerprint density at radius 1 is 1.06 bits per heavy atom. The second-order valence-electron chi connectivity index (χ2n) is 8.68. The van der Waals surface area contributed by atoms with E-state index in [0.717, 1.165) is 0 Å². The van der Waals surface area contributed by atoms with Crippen molar-refractivity contribution in [1.82, 2.24) is 4.98 Å². The van der Waals surface area contributed by atoms with Crippen LogP contribution in [0.4, 0.5) is 0 Å². The van der Waals surface area contributed by atoms with Crippen LogP contribution in [0.15, 0.2) is 36.0 Å². The van der Waals surface area contributed by atoms with Crippen LogP contribution < -0.4 is 0 Å². The van der Waals surface area contributed by atoms with E-state index in [4.69, 9.17) is 62.4 Å². The van der Waals surface area contributed by atoms with E-state index in [0.29, 0.717) is 27.6 Å². The van der Waals surface area contributed by atoms with Gasteiger partial charge in [-0.1, -0.05) is 84.8 Å². The molecule has 0 aliphatic carbocycles. The highest BCUT2D eigenvalue weighted by molar-refractivity contribution is 6.74. The van der Waals surface area contributed by atoms with Crippen LogP contribution in [0.25, 0.3) is 0 Å². The molecule has 2 aromatic rings. The summed E-state index contributed by atoms with van der Waals surface area (Å²) < 4.78 is 6.35. The third kappa shape index (κ3) is 6.70. The second kappa shape index (κ2) is 10.6. The van der Waals surface area contributed by atoms with Crippen molar-refractivity contribution in [2.24, 2.45) is 0 Å². The van der Waals surface area contributed by atoms with E-state index in [2.05, 4.69) is 38.8 Å². The predicted octanol–water partition coefficient (Wildman–Crippen LogP) is 8.72. The van der Waals surface area contributed by atoms with Crippen LogP contribution in [0.2, 0.25) is 43.4 Å². The van der Waals surface area contributed by atoms with Crippen LogP contribution in [-0.4, -0.2) is 25.7 Å². The van der Waals surface area contributed by atoms with Crippen LogP contribution in [0.1, 0.15) is 36.7 Å². The number of hydrogen-bond donors (Lipinski definition) is 0. The molecular formula is C22H24Cl5NO2Si. The molecule has 31 heavy (non-hydrogen) atoms. The molecule has 0 atom stereocenters. The molecule has 1 aromatic heterocycles. The first-order valence-electron chi connectivity index (χ1n) is 9.54. The van der Waals surface area contributed by atoms with Crippen LogP contribution in [0.3, 0.4) is 0 Å². The molecule has 0 spiro atoms. The molecule has 0 radical (unpaired) electrons. The third-order valence-corrected chi connectivity index (χ3v) is 11.6.